The maximum absolute atomic E-state index is 13.4. The molecule has 1 aromatic carbocycles. The van der Waals surface area contributed by atoms with Gasteiger partial charge in [0.15, 0.2) is 5.78 Å². The molecule has 5 heteroatoms. The summed E-state index contributed by atoms with van der Waals surface area (Å²) in [6.07, 6.45) is 0.341. The molecule has 1 heterocycles. The third-order valence-electron chi connectivity index (χ3n) is 2.47. The van der Waals surface area contributed by atoms with Crippen LogP contribution in [0.25, 0.3) is 0 Å². The minimum atomic E-state index is -0.617. The fourth-order valence-electron chi connectivity index (χ4n) is 1.64. The van der Waals surface area contributed by atoms with Gasteiger partial charge in [-0.15, -0.1) is 0 Å². The van der Waals surface area contributed by atoms with Gasteiger partial charge in [0, 0.05) is 18.0 Å². The zero-order valence-corrected chi connectivity index (χ0v) is 9.13. The van der Waals surface area contributed by atoms with E-state index in [1.54, 1.807) is 0 Å². The number of nitrogens with zero attached hydrogens (tertiary/aromatic N) is 1. The summed E-state index contributed by atoms with van der Waals surface area (Å²) in [5.41, 5.74) is -0.0813. The molecule has 0 aliphatic carbocycles. The third kappa shape index (κ3) is 2.07. The second kappa shape index (κ2) is 4.22. The van der Waals surface area contributed by atoms with Crippen LogP contribution in [0.5, 0.6) is 0 Å². The van der Waals surface area contributed by atoms with E-state index in [2.05, 4.69) is 0 Å². The number of hydrogen-bond acceptors (Lipinski definition) is 2. The molecule has 0 unspecified atom stereocenters. The van der Waals surface area contributed by atoms with E-state index in [0.29, 0.717) is 18.0 Å². The molecule has 0 spiro atoms. The molecule has 0 saturated carbocycles. The highest BCUT2D eigenvalue weighted by molar-refractivity contribution is 6.31. The van der Waals surface area contributed by atoms with Crippen LogP contribution in [0, 0.1) is 5.82 Å². The van der Waals surface area contributed by atoms with E-state index in [4.69, 9.17) is 11.6 Å². The molecule has 16 heavy (non-hydrogen) atoms. The van der Waals surface area contributed by atoms with Crippen molar-refractivity contribution >= 4 is 23.3 Å². The van der Waals surface area contributed by atoms with Crippen LogP contribution >= 0.6 is 11.6 Å². The largest absolute Gasteiger partial charge is 0.331 e. The predicted molar refractivity (Wildman–Crippen MR) is 56.9 cm³/mol. The van der Waals surface area contributed by atoms with Gasteiger partial charge in [-0.1, -0.05) is 11.6 Å². The molecular weight excluding hydrogens is 233 g/mol. The maximum atomic E-state index is 13.4. The topological polar surface area (TPSA) is 37.4 Å². The van der Waals surface area contributed by atoms with E-state index < -0.39 is 11.7 Å². The number of Topliss-reactive ketones (excluding diaryl/α,β-unsaturated/α-hetero) is 1. The minimum absolute atomic E-state index is 0.00390. The monoisotopic (exact) mass is 241 g/mol. The average Bonchev–Trinajstić information content (AvgIpc) is 2.67. The SMILES string of the molecule is O=C1CCN(C(=O)c2cc(Cl)ccc2F)C1. The lowest BCUT2D eigenvalue weighted by Gasteiger charge is -2.14. The van der Waals surface area contributed by atoms with E-state index in [-0.39, 0.29) is 17.9 Å². The Labute approximate surface area is 96.8 Å². The van der Waals surface area contributed by atoms with Crippen molar-refractivity contribution in [1.82, 2.24) is 4.90 Å². The molecule has 0 aromatic heterocycles. The van der Waals surface area contributed by atoms with E-state index in [9.17, 15) is 14.0 Å². The first-order valence-electron chi connectivity index (χ1n) is 4.84. The molecule has 1 aliphatic heterocycles. The lowest BCUT2D eigenvalue weighted by molar-refractivity contribution is -0.116. The lowest BCUT2D eigenvalue weighted by Crippen LogP contribution is -2.29. The number of ketones is 1. The number of carbonyl (C=O) groups is 2. The zero-order chi connectivity index (χ0) is 11.7. The molecule has 1 aromatic rings. The summed E-state index contributed by atoms with van der Waals surface area (Å²) in [6.45, 7) is 0.411. The first-order valence-corrected chi connectivity index (χ1v) is 5.22. The number of likely N-dealkylation sites (tertiary alicyclic amines) is 1. The van der Waals surface area contributed by atoms with Crippen LogP contribution in [0.4, 0.5) is 4.39 Å². The van der Waals surface area contributed by atoms with E-state index in [0.717, 1.165) is 6.07 Å². The van der Waals surface area contributed by atoms with Crippen molar-refractivity contribution < 1.29 is 14.0 Å². The number of amides is 1. The molecule has 1 fully saturated rings. The molecular formula is C11H9ClFNO2. The van der Waals surface area contributed by atoms with Crippen LogP contribution in [0.2, 0.25) is 5.02 Å². The number of hydrogen-bond donors (Lipinski definition) is 0. The molecule has 0 radical (unpaired) electrons. The highest BCUT2D eigenvalue weighted by Gasteiger charge is 2.26. The summed E-state index contributed by atoms with van der Waals surface area (Å²) >= 11 is 5.69. The Hall–Kier alpha value is -1.42. The average molecular weight is 242 g/mol. The highest BCUT2D eigenvalue weighted by atomic mass is 35.5. The third-order valence-corrected chi connectivity index (χ3v) is 2.71. The van der Waals surface area contributed by atoms with Crippen molar-refractivity contribution in [1.29, 1.82) is 0 Å². The predicted octanol–water partition coefficient (Wildman–Crippen LogP) is 1.89. The van der Waals surface area contributed by atoms with E-state index in [1.807, 2.05) is 0 Å². The van der Waals surface area contributed by atoms with Crippen molar-refractivity contribution in [3.05, 3.63) is 34.6 Å². The summed E-state index contributed by atoms with van der Waals surface area (Å²) < 4.78 is 13.4. The Morgan fingerprint density at radius 2 is 2.19 bits per heavy atom. The molecule has 2 rings (SSSR count). The van der Waals surface area contributed by atoms with Crippen molar-refractivity contribution in [2.75, 3.05) is 13.1 Å². The number of benzene rings is 1. The van der Waals surface area contributed by atoms with Gasteiger partial charge in [-0.25, -0.2) is 4.39 Å². The summed E-state index contributed by atoms with van der Waals surface area (Å²) in [7, 11) is 0. The van der Waals surface area contributed by atoms with Crippen LogP contribution in [0.3, 0.4) is 0 Å². The summed E-state index contributed by atoms with van der Waals surface area (Å²) in [5.74, 6) is -1.10. The van der Waals surface area contributed by atoms with Gasteiger partial charge in [0.05, 0.1) is 12.1 Å². The molecule has 1 saturated heterocycles. The standard InChI is InChI=1S/C11H9ClFNO2/c12-7-1-2-10(13)9(5-7)11(16)14-4-3-8(15)6-14/h1-2,5H,3-4,6H2. The number of carbonyl (C=O) groups excluding carboxylic acids is 2. The summed E-state index contributed by atoms with van der Waals surface area (Å²) in [5, 5.41) is 0.301. The van der Waals surface area contributed by atoms with Gasteiger partial charge in [0.25, 0.3) is 5.91 Å². The fourth-order valence-corrected chi connectivity index (χ4v) is 1.81. The normalized spacial score (nSPS) is 15.6. The molecule has 0 bridgehead atoms. The van der Waals surface area contributed by atoms with Gasteiger partial charge in [0.1, 0.15) is 5.82 Å². The van der Waals surface area contributed by atoms with Gasteiger partial charge < -0.3 is 4.90 Å². The molecule has 84 valence electrons. The van der Waals surface area contributed by atoms with Crippen molar-refractivity contribution in [3.8, 4) is 0 Å². The molecule has 3 nitrogen and oxygen atoms in total. The minimum Gasteiger partial charge on any atom is -0.331 e. The van der Waals surface area contributed by atoms with Crippen molar-refractivity contribution in [3.63, 3.8) is 0 Å². The Morgan fingerprint density at radius 3 is 2.81 bits per heavy atom. The number of halogens is 2. The van der Waals surface area contributed by atoms with Crippen LogP contribution in [-0.2, 0) is 4.79 Å². The molecule has 1 aliphatic rings. The second-order valence-corrected chi connectivity index (χ2v) is 4.08. The first kappa shape index (κ1) is 11.1. The molecule has 0 N–H and O–H groups in total. The van der Waals surface area contributed by atoms with Crippen LogP contribution in [0.15, 0.2) is 18.2 Å². The first-order chi connectivity index (χ1) is 7.58. The summed E-state index contributed by atoms with van der Waals surface area (Å²) in [6, 6.07) is 3.80. The van der Waals surface area contributed by atoms with Gasteiger partial charge in [-0.05, 0) is 18.2 Å². The Kier molecular flexibility index (Phi) is 2.92. The quantitative estimate of drug-likeness (QED) is 0.753. The van der Waals surface area contributed by atoms with Crippen LogP contribution in [-0.4, -0.2) is 29.7 Å². The maximum Gasteiger partial charge on any atom is 0.257 e. The zero-order valence-electron chi connectivity index (χ0n) is 8.37. The van der Waals surface area contributed by atoms with Gasteiger partial charge in [0.2, 0.25) is 0 Å². The smallest absolute Gasteiger partial charge is 0.257 e. The van der Waals surface area contributed by atoms with E-state index in [1.165, 1.54) is 17.0 Å². The van der Waals surface area contributed by atoms with Crippen molar-refractivity contribution in [2.45, 2.75) is 6.42 Å². The van der Waals surface area contributed by atoms with Crippen LogP contribution < -0.4 is 0 Å². The summed E-state index contributed by atoms with van der Waals surface area (Å²) in [4.78, 5) is 24.2. The Bertz CT molecular complexity index is 461. The van der Waals surface area contributed by atoms with Gasteiger partial charge in [-0.2, -0.15) is 0 Å². The Morgan fingerprint density at radius 1 is 1.44 bits per heavy atom. The van der Waals surface area contributed by atoms with E-state index >= 15 is 0 Å². The highest BCUT2D eigenvalue weighted by Crippen LogP contribution is 2.18. The Balaban J connectivity index is 2.27. The van der Waals surface area contributed by atoms with Gasteiger partial charge in [-0.3, -0.25) is 9.59 Å². The molecule has 0 atom stereocenters. The number of rotatable bonds is 1. The van der Waals surface area contributed by atoms with Crippen LogP contribution in [0.1, 0.15) is 16.8 Å². The second-order valence-electron chi connectivity index (χ2n) is 3.64. The fraction of sp³-hybridized carbons (Fsp3) is 0.273. The van der Waals surface area contributed by atoms with Gasteiger partial charge >= 0.3 is 0 Å². The lowest BCUT2D eigenvalue weighted by atomic mass is 10.2. The van der Waals surface area contributed by atoms with Crippen molar-refractivity contribution in [2.24, 2.45) is 0 Å². The molecule has 1 amide bonds.